The summed E-state index contributed by atoms with van der Waals surface area (Å²) in [5.41, 5.74) is 6.85. The molecule has 0 bridgehead atoms. The number of rotatable bonds is 1. The van der Waals surface area contributed by atoms with Crippen molar-refractivity contribution in [3.8, 4) is 11.3 Å². The summed E-state index contributed by atoms with van der Waals surface area (Å²) in [6.07, 6.45) is 1.59. The molecule has 0 aliphatic carbocycles. The number of aromatic nitrogens is 2. The summed E-state index contributed by atoms with van der Waals surface area (Å²) in [5, 5.41) is 1.18. The minimum absolute atomic E-state index is 0.289. The van der Waals surface area contributed by atoms with E-state index in [9.17, 15) is 0 Å². The van der Waals surface area contributed by atoms with Crippen LogP contribution in [-0.2, 0) is 0 Å². The molecule has 17 heavy (non-hydrogen) atoms. The second-order valence-corrected chi connectivity index (χ2v) is 5.50. The summed E-state index contributed by atoms with van der Waals surface area (Å²) in [4.78, 5) is 8.30. The van der Waals surface area contributed by atoms with Gasteiger partial charge in [-0.3, -0.25) is 0 Å². The van der Waals surface area contributed by atoms with Crippen LogP contribution >= 0.6 is 57.4 Å². The van der Waals surface area contributed by atoms with Crippen LogP contribution in [0, 0.1) is 3.70 Å². The van der Waals surface area contributed by atoms with Crippen LogP contribution in [0.25, 0.3) is 11.3 Å². The first kappa shape index (κ1) is 13.1. The van der Waals surface area contributed by atoms with Crippen molar-refractivity contribution in [1.29, 1.82) is 0 Å². The van der Waals surface area contributed by atoms with Crippen molar-refractivity contribution in [2.75, 3.05) is 5.73 Å². The summed E-state index contributed by atoms with van der Waals surface area (Å²) in [6, 6.07) is 3.22. The van der Waals surface area contributed by atoms with E-state index in [1.165, 1.54) is 0 Å². The molecule has 0 saturated carbocycles. The Morgan fingerprint density at radius 3 is 2.53 bits per heavy atom. The molecule has 1 aromatic heterocycles. The van der Waals surface area contributed by atoms with E-state index in [2.05, 4.69) is 9.97 Å². The van der Waals surface area contributed by atoms with Crippen molar-refractivity contribution in [1.82, 2.24) is 9.97 Å². The second-order valence-electron chi connectivity index (χ2n) is 3.18. The molecule has 3 nitrogen and oxygen atoms in total. The predicted octanol–water partition coefficient (Wildman–Crippen LogP) is 4.29. The Morgan fingerprint density at radius 1 is 1.18 bits per heavy atom. The molecular weight excluding hydrogens is 395 g/mol. The van der Waals surface area contributed by atoms with Gasteiger partial charge in [-0.05, 0) is 34.7 Å². The predicted molar refractivity (Wildman–Crippen MR) is 79.6 cm³/mol. The zero-order chi connectivity index (χ0) is 12.6. The van der Waals surface area contributed by atoms with Crippen LogP contribution in [-0.4, -0.2) is 9.97 Å². The maximum absolute atomic E-state index is 6.10. The minimum Gasteiger partial charge on any atom is -0.382 e. The summed E-state index contributed by atoms with van der Waals surface area (Å²) < 4.78 is 0.702. The third kappa shape index (κ3) is 2.76. The van der Waals surface area contributed by atoms with Gasteiger partial charge < -0.3 is 5.73 Å². The Kier molecular flexibility index (Phi) is 3.97. The number of nitrogen functional groups attached to an aromatic ring is 1. The normalized spacial score (nSPS) is 10.6. The van der Waals surface area contributed by atoms with Gasteiger partial charge in [-0.2, -0.15) is 0 Å². The van der Waals surface area contributed by atoms with E-state index in [0.717, 1.165) is 0 Å². The third-order valence-electron chi connectivity index (χ3n) is 2.02. The molecule has 0 saturated heterocycles. The highest BCUT2D eigenvalue weighted by molar-refractivity contribution is 14.1. The molecule has 2 N–H and O–H groups in total. The Balaban J connectivity index is 2.68. The number of nitrogens with zero attached hydrogens (tertiary/aromatic N) is 2. The fraction of sp³-hybridized carbons (Fsp3) is 0. The van der Waals surface area contributed by atoms with Crippen LogP contribution < -0.4 is 5.73 Å². The number of hydrogen-bond acceptors (Lipinski definition) is 3. The maximum Gasteiger partial charge on any atom is 0.151 e. The van der Waals surface area contributed by atoms with Gasteiger partial charge in [0.1, 0.15) is 9.39 Å². The zero-order valence-corrected chi connectivity index (χ0v) is 12.6. The topological polar surface area (TPSA) is 51.8 Å². The van der Waals surface area contributed by atoms with Gasteiger partial charge in [0, 0.05) is 10.6 Å². The molecule has 88 valence electrons. The number of hydrogen-bond donors (Lipinski definition) is 1. The third-order valence-corrected chi connectivity index (χ3v) is 3.56. The van der Waals surface area contributed by atoms with Crippen LogP contribution in [0.2, 0.25) is 15.1 Å². The average molecular weight is 400 g/mol. The molecule has 0 spiro atoms. The Bertz CT molecular complexity index is 589. The molecule has 0 unspecified atom stereocenters. The van der Waals surface area contributed by atoms with E-state index in [1.54, 1.807) is 18.3 Å². The van der Waals surface area contributed by atoms with Crippen LogP contribution in [0.3, 0.4) is 0 Å². The Labute approximate surface area is 126 Å². The van der Waals surface area contributed by atoms with E-state index in [1.807, 2.05) is 22.6 Å². The van der Waals surface area contributed by atoms with Crippen LogP contribution in [0.5, 0.6) is 0 Å². The lowest BCUT2D eigenvalue weighted by Crippen LogP contribution is -1.99. The van der Waals surface area contributed by atoms with E-state index in [4.69, 9.17) is 40.5 Å². The van der Waals surface area contributed by atoms with Crippen LogP contribution in [0.15, 0.2) is 18.3 Å². The van der Waals surface area contributed by atoms with E-state index in [-0.39, 0.29) is 5.82 Å². The highest BCUT2D eigenvalue weighted by Gasteiger charge is 2.14. The monoisotopic (exact) mass is 399 g/mol. The summed E-state index contributed by atoms with van der Waals surface area (Å²) in [5.74, 6) is 0.289. The van der Waals surface area contributed by atoms with E-state index >= 15 is 0 Å². The fourth-order valence-corrected chi connectivity index (χ4v) is 2.41. The van der Waals surface area contributed by atoms with Crippen molar-refractivity contribution in [2.45, 2.75) is 0 Å². The molecule has 0 fully saturated rings. The summed E-state index contributed by atoms with van der Waals surface area (Å²) >= 11 is 20.0. The van der Waals surface area contributed by atoms with Gasteiger partial charge in [-0.15, -0.1) is 0 Å². The smallest absolute Gasteiger partial charge is 0.151 e. The molecule has 0 aliphatic heterocycles. The van der Waals surface area contributed by atoms with E-state index in [0.29, 0.717) is 30.0 Å². The Hall–Kier alpha value is -0.300. The number of nitrogens with two attached hydrogens (primary N) is 1. The van der Waals surface area contributed by atoms with Gasteiger partial charge in [0.2, 0.25) is 0 Å². The maximum atomic E-state index is 6.10. The molecule has 1 aromatic carbocycles. The Morgan fingerprint density at radius 2 is 1.88 bits per heavy atom. The molecular formula is C10H5Cl3IN3. The average Bonchev–Trinajstić information content (AvgIpc) is 2.24. The number of benzene rings is 1. The lowest BCUT2D eigenvalue weighted by atomic mass is 10.1. The summed E-state index contributed by atoms with van der Waals surface area (Å²) in [7, 11) is 0. The quantitative estimate of drug-likeness (QED) is 0.574. The van der Waals surface area contributed by atoms with Crippen molar-refractivity contribution < 1.29 is 0 Å². The first-order valence-electron chi connectivity index (χ1n) is 4.42. The van der Waals surface area contributed by atoms with Gasteiger partial charge in [0.05, 0.1) is 16.2 Å². The van der Waals surface area contributed by atoms with Gasteiger partial charge in [0.15, 0.2) is 5.82 Å². The second kappa shape index (κ2) is 5.14. The van der Waals surface area contributed by atoms with Crippen LogP contribution in [0.1, 0.15) is 0 Å². The first-order valence-corrected chi connectivity index (χ1v) is 6.63. The highest BCUT2D eigenvalue weighted by atomic mass is 127. The largest absolute Gasteiger partial charge is 0.382 e. The lowest BCUT2D eigenvalue weighted by Gasteiger charge is -2.08. The number of anilines is 1. The molecule has 1 heterocycles. The zero-order valence-electron chi connectivity index (χ0n) is 8.22. The van der Waals surface area contributed by atoms with Gasteiger partial charge >= 0.3 is 0 Å². The first-order chi connectivity index (χ1) is 7.99. The lowest BCUT2D eigenvalue weighted by molar-refractivity contribution is 1.18. The highest BCUT2D eigenvalue weighted by Crippen LogP contribution is 2.37. The molecule has 2 rings (SSSR count). The molecule has 0 aliphatic rings. The SMILES string of the molecule is Nc1nc(I)cnc1-c1cc(Cl)cc(Cl)c1Cl. The number of halogens is 4. The van der Waals surface area contributed by atoms with Crippen molar-refractivity contribution >= 4 is 63.2 Å². The molecule has 2 aromatic rings. The van der Waals surface area contributed by atoms with Crippen molar-refractivity contribution in [3.05, 3.63) is 37.1 Å². The standard InChI is InChI=1S/C10H5Cl3IN3/c11-4-1-5(8(13)6(12)2-4)9-10(15)17-7(14)3-16-9/h1-3H,(H2,15,17). The fourth-order valence-electron chi connectivity index (χ4n) is 1.32. The van der Waals surface area contributed by atoms with Crippen LogP contribution in [0.4, 0.5) is 5.82 Å². The van der Waals surface area contributed by atoms with Crippen molar-refractivity contribution in [2.24, 2.45) is 0 Å². The molecule has 0 atom stereocenters. The van der Waals surface area contributed by atoms with E-state index < -0.39 is 0 Å². The minimum atomic E-state index is 0.289. The molecule has 7 heteroatoms. The van der Waals surface area contributed by atoms with Gasteiger partial charge in [-0.25, -0.2) is 9.97 Å². The summed E-state index contributed by atoms with van der Waals surface area (Å²) in [6.45, 7) is 0. The molecule has 0 amide bonds. The van der Waals surface area contributed by atoms with Gasteiger partial charge in [0.25, 0.3) is 0 Å². The van der Waals surface area contributed by atoms with Gasteiger partial charge in [-0.1, -0.05) is 34.8 Å². The molecule has 0 radical (unpaired) electrons. The van der Waals surface area contributed by atoms with Crippen molar-refractivity contribution in [3.63, 3.8) is 0 Å².